The van der Waals surface area contributed by atoms with Gasteiger partial charge in [-0.05, 0) is 37.1 Å². The summed E-state index contributed by atoms with van der Waals surface area (Å²) in [6.45, 7) is 0. The lowest BCUT2D eigenvalue weighted by Crippen LogP contribution is -2.02. The Morgan fingerprint density at radius 3 is 2.50 bits per heavy atom. The van der Waals surface area contributed by atoms with E-state index in [9.17, 15) is 4.79 Å². The highest BCUT2D eigenvalue weighted by molar-refractivity contribution is 5.90. The topological polar surface area (TPSA) is 53.4 Å². The van der Waals surface area contributed by atoms with Crippen molar-refractivity contribution in [1.29, 1.82) is 0 Å². The van der Waals surface area contributed by atoms with Crippen molar-refractivity contribution in [2.24, 2.45) is 0 Å². The van der Waals surface area contributed by atoms with Gasteiger partial charge < -0.3 is 9.47 Å². The molecule has 2 aromatic rings. The molecule has 104 valence electrons. The highest BCUT2D eigenvalue weighted by atomic mass is 16.5. The molecule has 0 N–H and O–H groups in total. The molecule has 1 aliphatic carbocycles. The van der Waals surface area contributed by atoms with E-state index in [1.807, 2.05) is 24.3 Å². The van der Waals surface area contributed by atoms with Crippen LogP contribution >= 0.6 is 0 Å². The van der Waals surface area contributed by atoms with Crippen LogP contribution in [-0.4, -0.2) is 30.0 Å². The molecule has 1 aromatic carbocycles. The maximum atomic E-state index is 11.8. The number of methoxy groups -OCH3 is 2. The SMILES string of the molecule is COC(=O)c1cn(-c2ccc(OC)cc2)nc1C1CC1. The van der Waals surface area contributed by atoms with Crippen molar-refractivity contribution in [2.75, 3.05) is 14.2 Å². The van der Waals surface area contributed by atoms with Crippen molar-refractivity contribution in [1.82, 2.24) is 9.78 Å². The summed E-state index contributed by atoms with van der Waals surface area (Å²) in [6, 6.07) is 7.55. The fraction of sp³-hybridized carbons (Fsp3) is 0.333. The van der Waals surface area contributed by atoms with E-state index in [-0.39, 0.29) is 5.97 Å². The molecule has 0 bridgehead atoms. The second kappa shape index (κ2) is 5.00. The van der Waals surface area contributed by atoms with Crippen LogP contribution in [0.5, 0.6) is 5.75 Å². The molecule has 0 spiro atoms. The standard InChI is InChI=1S/C15H16N2O3/c1-19-12-7-5-11(6-8-12)17-9-13(15(18)20-2)14(16-17)10-3-4-10/h5-10H,3-4H2,1-2H3. The third-order valence-corrected chi connectivity index (χ3v) is 3.45. The monoisotopic (exact) mass is 272 g/mol. The van der Waals surface area contributed by atoms with E-state index < -0.39 is 0 Å². The van der Waals surface area contributed by atoms with Gasteiger partial charge in [-0.2, -0.15) is 5.10 Å². The molecule has 1 saturated carbocycles. The summed E-state index contributed by atoms with van der Waals surface area (Å²) in [7, 11) is 3.02. The lowest BCUT2D eigenvalue weighted by atomic mass is 10.2. The van der Waals surface area contributed by atoms with E-state index in [1.165, 1.54) is 7.11 Å². The summed E-state index contributed by atoms with van der Waals surface area (Å²) in [5.41, 5.74) is 2.29. The molecule has 1 heterocycles. The van der Waals surface area contributed by atoms with Crippen molar-refractivity contribution in [3.63, 3.8) is 0 Å². The van der Waals surface area contributed by atoms with Gasteiger partial charge in [-0.1, -0.05) is 0 Å². The molecule has 3 rings (SSSR count). The van der Waals surface area contributed by atoms with Gasteiger partial charge in [0.05, 0.1) is 25.6 Å². The van der Waals surface area contributed by atoms with Crippen LogP contribution in [0.25, 0.3) is 5.69 Å². The molecule has 5 nitrogen and oxygen atoms in total. The van der Waals surface area contributed by atoms with Crippen LogP contribution in [0.15, 0.2) is 30.5 Å². The minimum absolute atomic E-state index is 0.327. The predicted molar refractivity (Wildman–Crippen MR) is 73.4 cm³/mol. The zero-order valence-electron chi connectivity index (χ0n) is 11.5. The minimum atomic E-state index is -0.327. The number of carbonyl (C=O) groups is 1. The van der Waals surface area contributed by atoms with Gasteiger partial charge in [0.25, 0.3) is 0 Å². The van der Waals surface area contributed by atoms with Crippen LogP contribution in [-0.2, 0) is 4.74 Å². The van der Waals surface area contributed by atoms with Crippen LogP contribution in [0.2, 0.25) is 0 Å². The van der Waals surface area contributed by atoms with E-state index in [4.69, 9.17) is 9.47 Å². The summed E-state index contributed by atoms with van der Waals surface area (Å²) in [4.78, 5) is 11.8. The maximum Gasteiger partial charge on any atom is 0.341 e. The molecule has 20 heavy (non-hydrogen) atoms. The van der Waals surface area contributed by atoms with Crippen molar-refractivity contribution in [3.05, 3.63) is 41.7 Å². The summed E-state index contributed by atoms with van der Waals surface area (Å²) in [6.07, 6.45) is 3.91. The van der Waals surface area contributed by atoms with E-state index in [0.717, 1.165) is 30.0 Å². The Labute approximate surface area is 117 Å². The molecule has 0 atom stereocenters. The average Bonchev–Trinajstić information content (AvgIpc) is 3.25. The fourth-order valence-electron chi connectivity index (χ4n) is 2.18. The lowest BCUT2D eigenvalue weighted by Gasteiger charge is -2.03. The summed E-state index contributed by atoms with van der Waals surface area (Å²) >= 11 is 0. The quantitative estimate of drug-likeness (QED) is 0.803. The second-order valence-corrected chi connectivity index (χ2v) is 4.84. The van der Waals surface area contributed by atoms with E-state index in [2.05, 4.69) is 5.10 Å². The number of hydrogen-bond donors (Lipinski definition) is 0. The number of ether oxygens (including phenoxy) is 2. The number of carbonyl (C=O) groups excluding carboxylic acids is 1. The van der Waals surface area contributed by atoms with E-state index >= 15 is 0 Å². The Bertz CT molecular complexity index is 627. The zero-order valence-corrected chi connectivity index (χ0v) is 11.5. The van der Waals surface area contributed by atoms with Crippen molar-refractivity contribution < 1.29 is 14.3 Å². The van der Waals surface area contributed by atoms with Crippen LogP contribution < -0.4 is 4.74 Å². The molecule has 1 aliphatic rings. The molecule has 0 saturated heterocycles. The molecular weight excluding hydrogens is 256 g/mol. The molecule has 1 aromatic heterocycles. The van der Waals surface area contributed by atoms with Gasteiger partial charge in [-0.15, -0.1) is 0 Å². The summed E-state index contributed by atoms with van der Waals surface area (Å²) in [5.74, 6) is 0.853. The first kappa shape index (κ1) is 12.7. The highest BCUT2D eigenvalue weighted by Crippen LogP contribution is 2.41. The molecular formula is C15H16N2O3. The van der Waals surface area contributed by atoms with Gasteiger partial charge in [0.15, 0.2) is 0 Å². The molecule has 0 aliphatic heterocycles. The minimum Gasteiger partial charge on any atom is -0.497 e. The average molecular weight is 272 g/mol. The number of hydrogen-bond acceptors (Lipinski definition) is 4. The molecule has 5 heteroatoms. The Hall–Kier alpha value is -2.30. The largest absolute Gasteiger partial charge is 0.497 e. The highest BCUT2D eigenvalue weighted by Gasteiger charge is 2.32. The van der Waals surface area contributed by atoms with Crippen LogP contribution in [0.4, 0.5) is 0 Å². The Morgan fingerprint density at radius 2 is 1.95 bits per heavy atom. The third kappa shape index (κ3) is 2.27. The van der Waals surface area contributed by atoms with Crippen LogP contribution in [0.1, 0.15) is 34.8 Å². The summed E-state index contributed by atoms with van der Waals surface area (Å²) in [5, 5.41) is 4.54. The molecule has 0 amide bonds. The van der Waals surface area contributed by atoms with E-state index in [0.29, 0.717) is 11.5 Å². The second-order valence-electron chi connectivity index (χ2n) is 4.84. The predicted octanol–water partition coefficient (Wildman–Crippen LogP) is 2.54. The smallest absolute Gasteiger partial charge is 0.341 e. The first-order valence-electron chi connectivity index (χ1n) is 6.55. The summed E-state index contributed by atoms with van der Waals surface area (Å²) < 4.78 is 11.7. The van der Waals surface area contributed by atoms with Crippen LogP contribution in [0.3, 0.4) is 0 Å². The van der Waals surface area contributed by atoms with Gasteiger partial charge in [-0.3, -0.25) is 0 Å². The van der Waals surface area contributed by atoms with Gasteiger partial charge in [0.1, 0.15) is 11.3 Å². The Balaban J connectivity index is 1.98. The molecule has 1 fully saturated rings. The lowest BCUT2D eigenvalue weighted by molar-refractivity contribution is 0.0599. The normalized spacial score (nSPS) is 14.1. The number of nitrogens with zero attached hydrogens (tertiary/aromatic N) is 2. The Morgan fingerprint density at radius 1 is 1.25 bits per heavy atom. The van der Waals surface area contributed by atoms with Crippen molar-refractivity contribution in [2.45, 2.75) is 18.8 Å². The first-order valence-corrected chi connectivity index (χ1v) is 6.55. The first-order chi connectivity index (χ1) is 9.72. The molecule has 0 radical (unpaired) electrons. The van der Waals surface area contributed by atoms with Gasteiger partial charge >= 0.3 is 5.97 Å². The van der Waals surface area contributed by atoms with Gasteiger partial charge in [0.2, 0.25) is 0 Å². The fourth-order valence-corrected chi connectivity index (χ4v) is 2.18. The zero-order chi connectivity index (χ0) is 14.1. The van der Waals surface area contributed by atoms with Gasteiger partial charge in [-0.25, -0.2) is 9.48 Å². The van der Waals surface area contributed by atoms with Crippen LogP contribution in [0, 0.1) is 0 Å². The molecule has 0 unspecified atom stereocenters. The van der Waals surface area contributed by atoms with Gasteiger partial charge in [0, 0.05) is 12.1 Å². The number of aromatic nitrogens is 2. The Kier molecular flexibility index (Phi) is 3.18. The maximum absolute atomic E-state index is 11.8. The van der Waals surface area contributed by atoms with E-state index in [1.54, 1.807) is 18.0 Å². The number of benzene rings is 1. The number of rotatable bonds is 4. The van der Waals surface area contributed by atoms with Crippen molar-refractivity contribution in [3.8, 4) is 11.4 Å². The van der Waals surface area contributed by atoms with Crippen molar-refractivity contribution >= 4 is 5.97 Å². The third-order valence-electron chi connectivity index (χ3n) is 3.45. The number of esters is 1.